The summed E-state index contributed by atoms with van der Waals surface area (Å²) >= 11 is 0. The van der Waals surface area contributed by atoms with Crippen molar-refractivity contribution in [2.45, 2.75) is 32.4 Å². The summed E-state index contributed by atoms with van der Waals surface area (Å²) in [5.74, 6) is 0.407. The zero-order valence-electron chi connectivity index (χ0n) is 13.3. The summed E-state index contributed by atoms with van der Waals surface area (Å²) in [5.41, 5.74) is 0.630. The molecule has 3 heterocycles. The summed E-state index contributed by atoms with van der Waals surface area (Å²) in [6.45, 7) is 13.0. The van der Waals surface area contributed by atoms with Crippen LogP contribution in [0.15, 0.2) is 17.7 Å². The molecule has 0 saturated carbocycles. The molecule has 0 unspecified atom stereocenters. The van der Waals surface area contributed by atoms with Gasteiger partial charge in [-0.2, -0.15) is 0 Å². The van der Waals surface area contributed by atoms with Crippen molar-refractivity contribution >= 4 is 5.57 Å². The van der Waals surface area contributed by atoms with Crippen LogP contribution in [-0.2, 0) is 11.3 Å². The van der Waals surface area contributed by atoms with Crippen LogP contribution in [0.2, 0.25) is 0 Å². The Morgan fingerprint density at radius 1 is 1.32 bits per heavy atom. The maximum absolute atomic E-state index is 12.6. The quantitative estimate of drug-likeness (QED) is 0.835. The topological polar surface area (TPSA) is 56.6 Å². The molecule has 2 aliphatic rings. The minimum absolute atomic E-state index is 0.0532. The number of rotatable bonds is 4. The van der Waals surface area contributed by atoms with Crippen LogP contribution in [0.4, 0.5) is 0 Å². The summed E-state index contributed by atoms with van der Waals surface area (Å²) in [5, 5.41) is 0. The van der Waals surface area contributed by atoms with Crippen LogP contribution in [-0.4, -0.2) is 52.9 Å². The first-order chi connectivity index (χ1) is 10.5. The first kappa shape index (κ1) is 15.2. The molecule has 0 radical (unpaired) electrons. The first-order valence-electron chi connectivity index (χ1n) is 7.77. The Morgan fingerprint density at radius 2 is 2.05 bits per heavy atom. The highest BCUT2D eigenvalue weighted by Crippen LogP contribution is 2.38. The van der Waals surface area contributed by atoms with E-state index in [1.807, 2.05) is 13.8 Å². The van der Waals surface area contributed by atoms with Gasteiger partial charge in [0.25, 0.3) is 5.56 Å². The number of morpholine rings is 1. The second-order valence-corrected chi connectivity index (χ2v) is 6.32. The molecular formula is C16H23N3O3. The second-order valence-electron chi connectivity index (χ2n) is 6.32. The average Bonchev–Trinajstić information content (AvgIpc) is 2.73. The maximum Gasteiger partial charge on any atom is 0.264 e. The second kappa shape index (κ2) is 5.85. The molecule has 2 aliphatic heterocycles. The van der Waals surface area contributed by atoms with E-state index in [9.17, 15) is 4.79 Å². The van der Waals surface area contributed by atoms with E-state index in [0.29, 0.717) is 23.6 Å². The van der Waals surface area contributed by atoms with Crippen LogP contribution in [0, 0.1) is 0 Å². The van der Waals surface area contributed by atoms with Gasteiger partial charge in [0.15, 0.2) is 0 Å². The molecule has 0 bridgehead atoms. The molecule has 0 spiro atoms. The monoisotopic (exact) mass is 305 g/mol. The predicted octanol–water partition coefficient (Wildman–Crippen LogP) is 1.15. The molecular weight excluding hydrogens is 282 g/mol. The van der Waals surface area contributed by atoms with Crippen molar-refractivity contribution in [2.24, 2.45) is 0 Å². The lowest BCUT2D eigenvalue weighted by Gasteiger charge is -2.26. The number of hydrogen-bond donors (Lipinski definition) is 0. The molecule has 0 aliphatic carbocycles. The van der Waals surface area contributed by atoms with Crippen molar-refractivity contribution in [2.75, 3.05) is 32.8 Å². The molecule has 0 N–H and O–H groups in total. The lowest BCUT2D eigenvalue weighted by molar-refractivity contribution is 0.0369. The van der Waals surface area contributed by atoms with Crippen LogP contribution >= 0.6 is 0 Å². The molecule has 0 aromatic carbocycles. The van der Waals surface area contributed by atoms with Crippen LogP contribution < -0.4 is 10.3 Å². The molecule has 0 amide bonds. The molecule has 1 aromatic heterocycles. The van der Waals surface area contributed by atoms with E-state index in [4.69, 9.17) is 9.47 Å². The van der Waals surface area contributed by atoms with Crippen molar-refractivity contribution in [1.29, 1.82) is 0 Å². The van der Waals surface area contributed by atoms with Gasteiger partial charge in [-0.15, -0.1) is 0 Å². The maximum atomic E-state index is 12.6. The van der Waals surface area contributed by atoms with Crippen LogP contribution in [0.1, 0.15) is 25.8 Å². The highest BCUT2D eigenvalue weighted by molar-refractivity contribution is 5.76. The standard InChI is InChI=1S/C16H23N3O3/c1-12-13-14(22-16(12,2)3)17-11-19(15(13)20)6-4-5-18-7-9-21-10-8-18/h11H,1,4-10H2,2-3H3. The Morgan fingerprint density at radius 3 is 2.77 bits per heavy atom. The van der Waals surface area contributed by atoms with Gasteiger partial charge in [-0.3, -0.25) is 14.3 Å². The van der Waals surface area contributed by atoms with Crippen LogP contribution in [0.25, 0.3) is 5.57 Å². The molecule has 1 saturated heterocycles. The summed E-state index contributed by atoms with van der Waals surface area (Å²) in [7, 11) is 0. The summed E-state index contributed by atoms with van der Waals surface area (Å²) in [4.78, 5) is 19.2. The number of hydrogen-bond acceptors (Lipinski definition) is 5. The molecule has 1 aromatic rings. The number of ether oxygens (including phenoxy) is 2. The Kier molecular flexibility index (Phi) is 4.06. The van der Waals surface area contributed by atoms with E-state index < -0.39 is 5.60 Å². The number of fused-ring (bicyclic) bond motifs is 1. The first-order valence-corrected chi connectivity index (χ1v) is 7.77. The molecule has 0 atom stereocenters. The van der Waals surface area contributed by atoms with Crippen molar-refractivity contribution in [1.82, 2.24) is 14.5 Å². The van der Waals surface area contributed by atoms with Gasteiger partial charge >= 0.3 is 0 Å². The molecule has 1 fully saturated rings. The van der Waals surface area contributed by atoms with E-state index >= 15 is 0 Å². The zero-order chi connectivity index (χ0) is 15.7. The van der Waals surface area contributed by atoms with Gasteiger partial charge in [0.1, 0.15) is 17.5 Å². The van der Waals surface area contributed by atoms with Gasteiger partial charge in [0.2, 0.25) is 5.88 Å². The van der Waals surface area contributed by atoms with Crippen LogP contribution in [0.3, 0.4) is 0 Å². The number of aryl methyl sites for hydroxylation is 1. The predicted molar refractivity (Wildman–Crippen MR) is 84.1 cm³/mol. The molecule has 120 valence electrons. The SMILES string of the molecule is C=C1c2c(ncn(CCCN3CCOCC3)c2=O)OC1(C)C. The van der Waals surface area contributed by atoms with Gasteiger partial charge < -0.3 is 9.47 Å². The number of aromatic nitrogens is 2. The van der Waals surface area contributed by atoms with Gasteiger partial charge in [-0.05, 0) is 20.3 Å². The molecule has 6 heteroatoms. The summed E-state index contributed by atoms with van der Waals surface area (Å²) < 4.78 is 12.7. The largest absolute Gasteiger partial charge is 0.466 e. The Labute approximate surface area is 130 Å². The average molecular weight is 305 g/mol. The Hall–Kier alpha value is -1.66. The van der Waals surface area contributed by atoms with E-state index in [2.05, 4.69) is 16.5 Å². The van der Waals surface area contributed by atoms with Gasteiger partial charge in [0.05, 0.1) is 13.2 Å². The van der Waals surface area contributed by atoms with Gasteiger partial charge in [0, 0.05) is 31.8 Å². The van der Waals surface area contributed by atoms with Crippen molar-refractivity contribution < 1.29 is 9.47 Å². The molecule has 6 nitrogen and oxygen atoms in total. The lowest BCUT2D eigenvalue weighted by Crippen LogP contribution is -2.37. The Bertz CT molecular complexity index is 630. The molecule has 22 heavy (non-hydrogen) atoms. The highest BCUT2D eigenvalue weighted by Gasteiger charge is 2.37. The van der Waals surface area contributed by atoms with Crippen molar-refractivity contribution in [3.63, 3.8) is 0 Å². The fraction of sp³-hybridized carbons (Fsp3) is 0.625. The minimum atomic E-state index is -0.554. The third-order valence-corrected chi connectivity index (χ3v) is 4.36. The minimum Gasteiger partial charge on any atom is -0.466 e. The molecule has 3 rings (SSSR count). The summed E-state index contributed by atoms with van der Waals surface area (Å²) in [6, 6.07) is 0. The van der Waals surface area contributed by atoms with Crippen molar-refractivity contribution in [3.8, 4) is 5.88 Å². The van der Waals surface area contributed by atoms with Crippen LogP contribution in [0.5, 0.6) is 5.88 Å². The zero-order valence-corrected chi connectivity index (χ0v) is 13.3. The Balaban J connectivity index is 1.68. The smallest absolute Gasteiger partial charge is 0.264 e. The number of nitrogens with zero attached hydrogens (tertiary/aromatic N) is 3. The highest BCUT2D eigenvalue weighted by atomic mass is 16.5. The van der Waals surface area contributed by atoms with E-state index in [-0.39, 0.29) is 5.56 Å². The van der Waals surface area contributed by atoms with E-state index in [1.54, 1.807) is 10.9 Å². The normalized spacial score (nSPS) is 20.7. The fourth-order valence-corrected chi connectivity index (χ4v) is 2.86. The van der Waals surface area contributed by atoms with Gasteiger partial charge in [-0.1, -0.05) is 6.58 Å². The third-order valence-electron chi connectivity index (χ3n) is 4.36. The summed E-state index contributed by atoms with van der Waals surface area (Å²) in [6.07, 6.45) is 2.49. The van der Waals surface area contributed by atoms with Gasteiger partial charge in [-0.25, -0.2) is 4.98 Å². The van der Waals surface area contributed by atoms with Crippen molar-refractivity contribution in [3.05, 3.63) is 28.8 Å². The van der Waals surface area contributed by atoms with E-state index in [0.717, 1.165) is 39.3 Å². The third kappa shape index (κ3) is 2.80. The lowest BCUT2D eigenvalue weighted by atomic mass is 9.97. The van der Waals surface area contributed by atoms with E-state index in [1.165, 1.54) is 0 Å². The fourth-order valence-electron chi connectivity index (χ4n) is 2.86.